The van der Waals surface area contributed by atoms with Gasteiger partial charge in [0.1, 0.15) is 11.2 Å². The van der Waals surface area contributed by atoms with Crippen LogP contribution >= 0.6 is 0 Å². The van der Waals surface area contributed by atoms with Crippen LogP contribution in [0.5, 0.6) is 0 Å². The molecule has 0 fully saturated rings. The number of benzene rings is 4. The highest BCUT2D eigenvalue weighted by Crippen LogP contribution is 2.52. The molecule has 0 amide bonds. The van der Waals surface area contributed by atoms with Crippen LogP contribution in [0.3, 0.4) is 0 Å². The maximum atomic E-state index is 13.9. The molecule has 0 aliphatic heterocycles. The molecule has 4 aromatic rings. The average Bonchev–Trinajstić information content (AvgIpc) is 3.24. The van der Waals surface area contributed by atoms with Crippen molar-refractivity contribution in [1.82, 2.24) is 0 Å². The zero-order valence-electron chi connectivity index (χ0n) is 19.5. The monoisotopic (exact) mass is 472 g/mol. The molecule has 2 atom stereocenters. The second kappa shape index (κ2) is 8.23. The standard InChI is InChI=1S/C32H24O4/c33-29-23-15-7-9-17-25(23)31(35,19-21-11-3-1-4-12-21)27(29)28-30(34)24-16-8-10-18-26(24)32(28,36)20-22-13-5-2-6-14-22/h1-18,35-36H,19-20H2/b28-27+/t31-,32+. The molecular formula is C32H24O4. The van der Waals surface area contributed by atoms with E-state index in [1.54, 1.807) is 48.5 Å². The number of aliphatic hydroxyl groups is 2. The van der Waals surface area contributed by atoms with E-state index in [-0.39, 0.29) is 24.0 Å². The largest absolute Gasteiger partial charge is 0.380 e. The van der Waals surface area contributed by atoms with E-state index < -0.39 is 22.8 Å². The molecule has 4 nitrogen and oxygen atoms in total. The normalized spacial score (nSPS) is 24.6. The van der Waals surface area contributed by atoms with Crippen LogP contribution in [0.1, 0.15) is 43.0 Å². The van der Waals surface area contributed by atoms with Gasteiger partial charge in [0, 0.05) is 35.1 Å². The molecule has 0 aromatic heterocycles. The fourth-order valence-electron chi connectivity index (χ4n) is 5.79. The fourth-order valence-corrected chi connectivity index (χ4v) is 5.79. The topological polar surface area (TPSA) is 74.6 Å². The predicted octanol–water partition coefficient (Wildman–Crippen LogP) is 4.94. The Hall–Kier alpha value is -4.12. The lowest BCUT2D eigenvalue weighted by Crippen LogP contribution is -2.37. The molecule has 6 rings (SSSR count). The first-order valence-corrected chi connectivity index (χ1v) is 12.0. The lowest BCUT2D eigenvalue weighted by molar-refractivity contribution is 0.0527. The van der Waals surface area contributed by atoms with Crippen molar-refractivity contribution >= 4 is 11.6 Å². The van der Waals surface area contributed by atoms with Crippen LogP contribution in [-0.2, 0) is 24.0 Å². The summed E-state index contributed by atoms with van der Waals surface area (Å²) in [4.78, 5) is 27.9. The van der Waals surface area contributed by atoms with Gasteiger partial charge >= 0.3 is 0 Å². The van der Waals surface area contributed by atoms with E-state index in [0.29, 0.717) is 22.3 Å². The number of hydrogen-bond donors (Lipinski definition) is 2. The van der Waals surface area contributed by atoms with E-state index in [9.17, 15) is 19.8 Å². The third-order valence-electron chi connectivity index (χ3n) is 7.37. The van der Waals surface area contributed by atoms with Crippen molar-refractivity contribution in [3.63, 3.8) is 0 Å². The zero-order valence-corrected chi connectivity index (χ0v) is 19.5. The van der Waals surface area contributed by atoms with Gasteiger partial charge in [0.25, 0.3) is 0 Å². The first kappa shape index (κ1) is 22.4. The van der Waals surface area contributed by atoms with Gasteiger partial charge in [-0.05, 0) is 22.3 Å². The van der Waals surface area contributed by atoms with E-state index in [0.717, 1.165) is 11.1 Å². The minimum atomic E-state index is -1.77. The number of carbonyl (C=O) groups is 2. The first-order chi connectivity index (χ1) is 17.4. The Labute approximate surface area is 209 Å². The minimum Gasteiger partial charge on any atom is -0.380 e. The third-order valence-corrected chi connectivity index (χ3v) is 7.37. The van der Waals surface area contributed by atoms with Gasteiger partial charge in [0.15, 0.2) is 11.6 Å². The van der Waals surface area contributed by atoms with Crippen molar-refractivity contribution in [3.8, 4) is 0 Å². The van der Waals surface area contributed by atoms with Crippen LogP contribution < -0.4 is 0 Å². The molecule has 4 aromatic carbocycles. The maximum absolute atomic E-state index is 13.9. The molecule has 0 saturated carbocycles. The average molecular weight is 473 g/mol. The molecule has 0 spiro atoms. The summed E-state index contributed by atoms with van der Waals surface area (Å²) in [5.41, 5.74) is -0.374. The molecule has 2 N–H and O–H groups in total. The van der Waals surface area contributed by atoms with Gasteiger partial charge in [-0.25, -0.2) is 0 Å². The Morgan fingerprint density at radius 3 is 1.19 bits per heavy atom. The fraction of sp³-hybridized carbons (Fsp3) is 0.125. The van der Waals surface area contributed by atoms with E-state index in [2.05, 4.69) is 0 Å². The molecule has 2 aliphatic carbocycles. The number of hydrogen-bond acceptors (Lipinski definition) is 4. The van der Waals surface area contributed by atoms with Gasteiger partial charge in [-0.1, -0.05) is 109 Å². The lowest BCUT2D eigenvalue weighted by Gasteiger charge is -2.32. The van der Waals surface area contributed by atoms with Crippen LogP contribution in [0.25, 0.3) is 0 Å². The van der Waals surface area contributed by atoms with Crippen LogP contribution in [0.2, 0.25) is 0 Å². The molecular weight excluding hydrogens is 448 g/mol. The van der Waals surface area contributed by atoms with Crippen LogP contribution in [-0.4, -0.2) is 21.8 Å². The summed E-state index contributed by atoms with van der Waals surface area (Å²) >= 11 is 0. The van der Waals surface area contributed by atoms with Crippen molar-refractivity contribution in [2.75, 3.05) is 0 Å². The molecule has 0 saturated heterocycles. The minimum absolute atomic E-state index is 0.0350. The van der Waals surface area contributed by atoms with E-state index in [1.165, 1.54) is 0 Å². The Bertz CT molecular complexity index is 1420. The van der Waals surface area contributed by atoms with Crippen molar-refractivity contribution in [2.24, 2.45) is 0 Å². The molecule has 0 heterocycles. The Kier molecular flexibility index (Phi) is 5.11. The molecule has 2 aliphatic rings. The second-order valence-corrected chi connectivity index (χ2v) is 9.54. The SMILES string of the molecule is O=C1/C(=C2/C(=O)c3ccccc3[C@]2(O)Cc2ccccc2)[C@](O)(Cc2ccccc2)c2ccccc21. The highest BCUT2D eigenvalue weighted by atomic mass is 16.3. The molecule has 0 bridgehead atoms. The van der Waals surface area contributed by atoms with Crippen LogP contribution in [0, 0.1) is 0 Å². The van der Waals surface area contributed by atoms with E-state index in [4.69, 9.17) is 0 Å². The van der Waals surface area contributed by atoms with Crippen molar-refractivity contribution in [2.45, 2.75) is 24.0 Å². The highest BCUT2D eigenvalue weighted by Gasteiger charge is 2.56. The number of ketones is 2. The summed E-state index contributed by atoms with van der Waals surface area (Å²) in [5, 5.41) is 24.7. The van der Waals surface area contributed by atoms with E-state index in [1.807, 2.05) is 60.7 Å². The quantitative estimate of drug-likeness (QED) is 0.413. The van der Waals surface area contributed by atoms with Crippen LogP contribution in [0.4, 0.5) is 0 Å². The molecule has 36 heavy (non-hydrogen) atoms. The van der Waals surface area contributed by atoms with Gasteiger partial charge in [0.05, 0.1) is 0 Å². The Balaban J connectivity index is 1.64. The van der Waals surface area contributed by atoms with Gasteiger partial charge in [-0.15, -0.1) is 0 Å². The van der Waals surface area contributed by atoms with Gasteiger partial charge in [-0.2, -0.15) is 0 Å². The number of carbonyl (C=O) groups excluding carboxylic acids is 2. The van der Waals surface area contributed by atoms with Crippen molar-refractivity contribution in [3.05, 3.63) is 154 Å². The lowest BCUT2D eigenvalue weighted by atomic mass is 9.77. The summed E-state index contributed by atoms with van der Waals surface area (Å²) in [5.74, 6) is -0.849. The number of fused-ring (bicyclic) bond motifs is 2. The zero-order chi connectivity index (χ0) is 24.9. The summed E-state index contributed by atoms with van der Waals surface area (Å²) in [6, 6.07) is 32.6. The molecule has 0 radical (unpaired) electrons. The summed E-state index contributed by atoms with van der Waals surface area (Å²) in [6.45, 7) is 0. The van der Waals surface area contributed by atoms with E-state index >= 15 is 0 Å². The second-order valence-electron chi connectivity index (χ2n) is 9.54. The number of rotatable bonds is 4. The van der Waals surface area contributed by atoms with Gasteiger partial charge in [0.2, 0.25) is 0 Å². The first-order valence-electron chi connectivity index (χ1n) is 12.0. The van der Waals surface area contributed by atoms with Gasteiger partial charge in [-0.3, -0.25) is 9.59 Å². The highest BCUT2D eigenvalue weighted by molar-refractivity contribution is 6.24. The molecule has 176 valence electrons. The Morgan fingerprint density at radius 2 is 0.806 bits per heavy atom. The molecule has 4 heteroatoms. The number of Topliss-reactive ketones (excluding diaryl/α,β-unsaturated/α-hetero) is 2. The van der Waals surface area contributed by atoms with Gasteiger partial charge < -0.3 is 10.2 Å². The smallest absolute Gasteiger partial charge is 0.193 e. The van der Waals surface area contributed by atoms with Crippen molar-refractivity contribution < 1.29 is 19.8 Å². The van der Waals surface area contributed by atoms with Crippen molar-refractivity contribution in [1.29, 1.82) is 0 Å². The Morgan fingerprint density at radius 1 is 0.472 bits per heavy atom. The summed E-state index contributed by atoms with van der Waals surface area (Å²) in [7, 11) is 0. The third kappa shape index (κ3) is 3.23. The summed E-state index contributed by atoms with van der Waals surface area (Å²) < 4.78 is 0. The maximum Gasteiger partial charge on any atom is 0.193 e. The summed E-state index contributed by atoms with van der Waals surface area (Å²) in [6.07, 6.45) is 0.195. The molecule has 0 unspecified atom stereocenters. The predicted molar refractivity (Wildman–Crippen MR) is 137 cm³/mol. The van der Waals surface area contributed by atoms with Crippen LogP contribution in [0.15, 0.2) is 120 Å².